The van der Waals surface area contributed by atoms with Gasteiger partial charge in [0.25, 0.3) is 0 Å². The summed E-state index contributed by atoms with van der Waals surface area (Å²) in [6.45, 7) is 0. The molecule has 27 heavy (non-hydrogen) atoms. The van der Waals surface area contributed by atoms with Crippen molar-refractivity contribution in [3.63, 3.8) is 0 Å². The highest BCUT2D eigenvalue weighted by atomic mass is 35.5. The third-order valence-corrected chi connectivity index (χ3v) is 3.98. The van der Waals surface area contributed by atoms with Gasteiger partial charge in [0.2, 0.25) is 0 Å². The molecule has 0 bridgehead atoms. The fourth-order valence-electron chi connectivity index (χ4n) is 2.43. The first-order valence-electron chi connectivity index (χ1n) is 8.01. The van der Waals surface area contributed by atoms with Gasteiger partial charge in [0.1, 0.15) is 11.6 Å². The van der Waals surface area contributed by atoms with Crippen LogP contribution in [0, 0.1) is 17.1 Å². The van der Waals surface area contributed by atoms with Crippen LogP contribution >= 0.6 is 11.6 Å². The lowest BCUT2D eigenvalue weighted by atomic mass is 10.0. The number of carbonyl (C=O) groups is 1. The largest absolute Gasteiger partial charge is 0.423 e. The Labute approximate surface area is 160 Å². The maximum absolute atomic E-state index is 13.9. The third-order valence-electron chi connectivity index (χ3n) is 3.75. The molecule has 0 spiro atoms. The molecule has 0 atom stereocenters. The lowest BCUT2D eigenvalue weighted by Gasteiger charge is -2.05. The molecular formula is C22H13ClFNO2. The molecule has 0 aliphatic carbocycles. The van der Waals surface area contributed by atoms with Crippen LogP contribution in [0.1, 0.15) is 21.5 Å². The van der Waals surface area contributed by atoms with Crippen molar-refractivity contribution < 1.29 is 13.9 Å². The summed E-state index contributed by atoms with van der Waals surface area (Å²) in [7, 11) is 0. The molecule has 132 valence electrons. The zero-order chi connectivity index (χ0) is 19.2. The van der Waals surface area contributed by atoms with E-state index in [1.165, 1.54) is 12.1 Å². The van der Waals surface area contributed by atoms with Crippen LogP contribution in [0.15, 0.2) is 72.8 Å². The van der Waals surface area contributed by atoms with Crippen LogP contribution < -0.4 is 4.74 Å². The number of carbonyl (C=O) groups excluding carboxylic acids is 1. The molecule has 5 heteroatoms. The summed E-state index contributed by atoms with van der Waals surface area (Å²) in [5, 5.41) is 9.77. The average molecular weight is 378 g/mol. The Morgan fingerprint density at radius 2 is 1.78 bits per heavy atom. The summed E-state index contributed by atoms with van der Waals surface area (Å²) in [4.78, 5) is 12.1. The summed E-state index contributed by atoms with van der Waals surface area (Å²) in [5.41, 5.74) is 1.46. The topological polar surface area (TPSA) is 50.1 Å². The molecule has 0 aliphatic rings. The molecule has 0 amide bonds. The predicted octanol–water partition coefficient (Wildman–Crippen LogP) is 5.76. The van der Waals surface area contributed by atoms with Crippen molar-refractivity contribution in [2.45, 2.75) is 0 Å². The van der Waals surface area contributed by atoms with E-state index < -0.39 is 11.8 Å². The van der Waals surface area contributed by atoms with Crippen LogP contribution in [0.2, 0.25) is 5.02 Å². The average Bonchev–Trinajstić information content (AvgIpc) is 2.68. The Bertz CT molecular complexity index is 1050. The van der Waals surface area contributed by atoms with Gasteiger partial charge in [-0.05, 0) is 48.0 Å². The summed E-state index contributed by atoms with van der Waals surface area (Å²) in [6, 6.07) is 21.1. The number of allylic oxidation sites excluding steroid dienone is 1. The maximum atomic E-state index is 13.9. The lowest BCUT2D eigenvalue weighted by Crippen LogP contribution is -2.08. The summed E-state index contributed by atoms with van der Waals surface area (Å²) >= 11 is 5.87. The standard InChI is InChI=1S/C22H13ClFNO2/c23-18-5-3-4-16(13-18)22(26)27-19-10-8-15(9-11-19)12-17(14-25)20-6-1-2-7-21(20)24/h1-13H/b17-12-. The molecule has 3 rings (SSSR count). The van der Waals surface area contributed by atoms with Crippen molar-refractivity contribution in [3.8, 4) is 11.8 Å². The van der Waals surface area contributed by atoms with Gasteiger partial charge in [0, 0.05) is 10.6 Å². The van der Waals surface area contributed by atoms with Gasteiger partial charge < -0.3 is 4.74 Å². The van der Waals surface area contributed by atoms with Crippen LogP contribution in [-0.4, -0.2) is 5.97 Å². The minimum atomic E-state index is -0.523. The van der Waals surface area contributed by atoms with Gasteiger partial charge in [0.15, 0.2) is 0 Å². The summed E-state index contributed by atoms with van der Waals surface area (Å²) < 4.78 is 19.2. The van der Waals surface area contributed by atoms with E-state index in [-0.39, 0.29) is 11.1 Å². The van der Waals surface area contributed by atoms with Crippen LogP contribution in [-0.2, 0) is 0 Å². The highest BCUT2D eigenvalue weighted by Crippen LogP contribution is 2.22. The molecule has 0 saturated carbocycles. The highest BCUT2D eigenvalue weighted by molar-refractivity contribution is 6.30. The number of nitriles is 1. The number of rotatable bonds is 4. The van der Waals surface area contributed by atoms with Crippen molar-refractivity contribution >= 4 is 29.2 Å². The first kappa shape index (κ1) is 18.4. The smallest absolute Gasteiger partial charge is 0.343 e. The molecule has 0 heterocycles. The Morgan fingerprint density at radius 3 is 2.44 bits per heavy atom. The first-order chi connectivity index (χ1) is 13.1. The quantitative estimate of drug-likeness (QED) is 0.251. The first-order valence-corrected chi connectivity index (χ1v) is 8.39. The van der Waals surface area contributed by atoms with E-state index in [1.807, 2.05) is 6.07 Å². The molecule has 3 nitrogen and oxygen atoms in total. The second kappa shape index (κ2) is 8.31. The predicted molar refractivity (Wildman–Crippen MR) is 103 cm³/mol. The van der Waals surface area contributed by atoms with E-state index in [0.29, 0.717) is 21.9 Å². The van der Waals surface area contributed by atoms with E-state index in [2.05, 4.69) is 0 Å². The van der Waals surface area contributed by atoms with Gasteiger partial charge >= 0.3 is 5.97 Å². The van der Waals surface area contributed by atoms with Gasteiger partial charge in [-0.2, -0.15) is 5.26 Å². The van der Waals surface area contributed by atoms with Gasteiger partial charge in [-0.3, -0.25) is 0 Å². The van der Waals surface area contributed by atoms with Gasteiger partial charge in [-0.15, -0.1) is 0 Å². The van der Waals surface area contributed by atoms with E-state index >= 15 is 0 Å². The fourth-order valence-corrected chi connectivity index (χ4v) is 2.62. The molecule has 0 aromatic heterocycles. The third kappa shape index (κ3) is 4.60. The van der Waals surface area contributed by atoms with E-state index in [0.717, 1.165) is 0 Å². The number of halogens is 2. The molecule has 0 aliphatic heterocycles. The minimum Gasteiger partial charge on any atom is -0.423 e. The van der Waals surface area contributed by atoms with Gasteiger partial charge in [0.05, 0.1) is 17.2 Å². The lowest BCUT2D eigenvalue weighted by molar-refractivity contribution is 0.0734. The fraction of sp³-hybridized carbons (Fsp3) is 0. The summed E-state index contributed by atoms with van der Waals surface area (Å²) in [6.07, 6.45) is 1.57. The van der Waals surface area contributed by atoms with Crippen LogP contribution in [0.5, 0.6) is 5.75 Å². The number of ether oxygens (including phenoxy) is 1. The zero-order valence-corrected chi connectivity index (χ0v) is 14.8. The number of benzene rings is 3. The maximum Gasteiger partial charge on any atom is 0.343 e. The van der Waals surface area contributed by atoms with Crippen LogP contribution in [0.3, 0.4) is 0 Å². The molecule has 3 aromatic carbocycles. The number of hydrogen-bond donors (Lipinski definition) is 0. The Kier molecular flexibility index (Phi) is 5.65. The molecule has 0 fully saturated rings. The molecular weight excluding hydrogens is 365 g/mol. The van der Waals surface area contributed by atoms with Crippen molar-refractivity contribution in [2.75, 3.05) is 0 Å². The van der Waals surface area contributed by atoms with Crippen molar-refractivity contribution in [2.24, 2.45) is 0 Å². The Balaban J connectivity index is 1.78. The summed E-state index contributed by atoms with van der Waals surface area (Å²) in [5.74, 6) is -0.635. The normalized spacial score (nSPS) is 10.9. The Hall–Kier alpha value is -3.42. The van der Waals surface area contributed by atoms with E-state index in [4.69, 9.17) is 16.3 Å². The monoisotopic (exact) mass is 377 g/mol. The molecule has 0 unspecified atom stereocenters. The highest BCUT2D eigenvalue weighted by Gasteiger charge is 2.10. The minimum absolute atomic E-state index is 0.205. The van der Waals surface area contributed by atoms with Crippen molar-refractivity contribution in [1.82, 2.24) is 0 Å². The van der Waals surface area contributed by atoms with Crippen molar-refractivity contribution in [3.05, 3.63) is 100 Å². The van der Waals surface area contributed by atoms with Gasteiger partial charge in [-0.25, -0.2) is 9.18 Å². The molecule has 0 radical (unpaired) electrons. The van der Waals surface area contributed by atoms with E-state index in [9.17, 15) is 14.4 Å². The second-order valence-electron chi connectivity index (χ2n) is 5.62. The Morgan fingerprint density at radius 1 is 1.04 bits per heavy atom. The number of nitrogens with zero attached hydrogens (tertiary/aromatic N) is 1. The van der Waals surface area contributed by atoms with Crippen LogP contribution in [0.25, 0.3) is 11.6 Å². The number of esters is 1. The number of hydrogen-bond acceptors (Lipinski definition) is 3. The van der Waals surface area contributed by atoms with Gasteiger partial charge in [-0.1, -0.05) is 48.0 Å². The molecule has 0 N–H and O–H groups in total. The SMILES string of the molecule is N#C/C(=C/c1ccc(OC(=O)c2cccc(Cl)c2)cc1)c1ccccc1F. The van der Waals surface area contributed by atoms with Crippen LogP contribution in [0.4, 0.5) is 4.39 Å². The molecule has 3 aromatic rings. The second-order valence-corrected chi connectivity index (χ2v) is 6.06. The van der Waals surface area contributed by atoms with Crippen molar-refractivity contribution in [1.29, 1.82) is 5.26 Å². The molecule has 0 saturated heterocycles. The van der Waals surface area contributed by atoms with E-state index in [1.54, 1.807) is 66.7 Å². The zero-order valence-electron chi connectivity index (χ0n) is 14.0.